The number of fused-ring (bicyclic) bond motifs is 1. The van der Waals surface area contributed by atoms with E-state index < -0.39 is 9.71 Å². The molecule has 1 fully saturated rings. The number of rotatable bonds is 7. The van der Waals surface area contributed by atoms with E-state index in [1.165, 1.54) is 24.7 Å². The Balaban J connectivity index is 1.67. The number of ether oxygens (including phenoxy) is 2. The first-order chi connectivity index (χ1) is 15.2. The predicted octanol–water partition coefficient (Wildman–Crippen LogP) is 4.44. The third-order valence-electron chi connectivity index (χ3n) is 5.27. The van der Waals surface area contributed by atoms with Crippen LogP contribution in [0.15, 0.2) is 36.7 Å². The molecule has 0 bridgehead atoms. The van der Waals surface area contributed by atoms with Crippen molar-refractivity contribution in [2.75, 3.05) is 22.9 Å². The SMILES string of the molecule is C=S(C)(=O)Nc1cc(C)c2c(Nc3ccc(F)cc3OC(C)C3CCCO3)ncnc2c1. The highest BCUT2D eigenvalue weighted by molar-refractivity contribution is 8.00. The molecule has 3 aromatic rings. The molecule has 1 aliphatic heterocycles. The number of benzene rings is 2. The molecule has 2 heterocycles. The van der Waals surface area contributed by atoms with Crippen LogP contribution in [0, 0.1) is 12.7 Å². The minimum atomic E-state index is -2.42. The van der Waals surface area contributed by atoms with Gasteiger partial charge in [0, 0.05) is 39.7 Å². The van der Waals surface area contributed by atoms with Crippen molar-refractivity contribution in [2.24, 2.45) is 0 Å². The summed E-state index contributed by atoms with van der Waals surface area (Å²) in [5, 5.41) is 4.07. The van der Waals surface area contributed by atoms with Crippen molar-refractivity contribution in [2.45, 2.75) is 38.9 Å². The van der Waals surface area contributed by atoms with Gasteiger partial charge in [0.05, 0.1) is 17.3 Å². The summed E-state index contributed by atoms with van der Waals surface area (Å²) < 4.78 is 40.7. The van der Waals surface area contributed by atoms with Crippen LogP contribution >= 0.6 is 0 Å². The summed E-state index contributed by atoms with van der Waals surface area (Å²) in [5.74, 6) is 4.20. The lowest BCUT2D eigenvalue weighted by Crippen LogP contribution is -2.28. The molecule has 170 valence electrons. The summed E-state index contributed by atoms with van der Waals surface area (Å²) in [5.41, 5.74) is 2.81. The molecule has 2 N–H and O–H groups in total. The maximum atomic E-state index is 14.0. The number of nitrogens with zero attached hydrogens (tertiary/aromatic N) is 2. The first kappa shape index (κ1) is 22.3. The largest absolute Gasteiger partial charge is 0.486 e. The molecule has 3 atom stereocenters. The standard InChI is InChI=1S/C23H27FN4O3S/c1-14-10-17(28-32(3,4)29)12-19-22(14)23(26-13-25-19)27-18-8-7-16(24)11-21(18)31-15(2)20-6-5-9-30-20/h7-8,10-13,15,20H,3,5-6,9H2,1-2,4H3,(H,28,29)(H,25,26,27). The molecule has 2 aromatic carbocycles. The van der Waals surface area contributed by atoms with E-state index in [2.05, 4.69) is 25.9 Å². The molecule has 0 amide bonds. The number of aryl methyl sites for hydroxylation is 1. The summed E-state index contributed by atoms with van der Waals surface area (Å²) in [6.07, 6.45) is 4.66. The normalized spacial score (nSPS) is 18.8. The van der Waals surface area contributed by atoms with Crippen LogP contribution in [0.2, 0.25) is 0 Å². The summed E-state index contributed by atoms with van der Waals surface area (Å²) in [6.45, 7) is 4.57. The number of hydrogen-bond acceptors (Lipinski definition) is 6. The number of anilines is 3. The van der Waals surface area contributed by atoms with Gasteiger partial charge in [0.2, 0.25) is 0 Å². The molecule has 3 unspecified atom stereocenters. The second-order valence-corrected chi connectivity index (χ2v) is 10.4. The van der Waals surface area contributed by atoms with Crippen molar-refractivity contribution in [1.29, 1.82) is 0 Å². The molecule has 1 aromatic heterocycles. The summed E-state index contributed by atoms with van der Waals surface area (Å²) >= 11 is 0. The van der Waals surface area contributed by atoms with Gasteiger partial charge in [0.1, 0.15) is 29.8 Å². The minimum Gasteiger partial charge on any atom is -0.486 e. The molecule has 32 heavy (non-hydrogen) atoms. The lowest BCUT2D eigenvalue weighted by Gasteiger charge is -2.22. The highest BCUT2D eigenvalue weighted by atomic mass is 32.2. The molecule has 0 spiro atoms. The maximum Gasteiger partial charge on any atom is 0.146 e. The lowest BCUT2D eigenvalue weighted by molar-refractivity contribution is 0.0216. The van der Waals surface area contributed by atoms with Crippen LogP contribution in [0.4, 0.5) is 21.6 Å². The Morgan fingerprint density at radius 3 is 2.84 bits per heavy atom. The van der Waals surface area contributed by atoms with Gasteiger partial charge in [-0.2, -0.15) is 0 Å². The van der Waals surface area contributed by atoms with E-state index in [0.29, 0.717) is 28.5 Å². The van der Waals surface area contributed by atoms with Crippen LogP contribution in [-0.4, -0.2) is 45.1 Å². The van der Waals surface area contributed by atoms with Gasteiger partial charge < -0.3 is 19.5 Å². The van der Waals surface area contributed by atoms with E-state index in [1.807, 2.05) is 19.9 Å². The second kappa shape index (κ2) is 8.91. The topological polar surface area (TPSA) is 85.4 Å². The summed E-state index contributed by atoms with van der Waals surface area (Å²) in [4.78, 5) is 8.76. The van der Waals surface area contributed by atoms with Crippen LogP contribution in [0.3, 0.4) is 0 Å². The number of nitrogens with one attached hydrogen (secondary N) is 2. The Labute approximate surface area is 187 Å². The summed E-state index contributed by atoms with van der Waals surface area (Å²) in [7, 11) is -2.42. The fourth-order valence-corrected chi connectivity index (χ4v) is 4.48. The van der Waals surface area contributed by atoms with Crippen LogP contribution in [0.25, 0.3) is 10.9 Å². The van der Waals surface area contributed by atoms with Gasteiger partial charge >= 0.3 is 0 Å². The first-order valence-electron chi connectivity index (χ1n) is 10.4. The van der Waals surface area contributed by atoms with Crippen LogP contribution in [0.5, 0.6) is 5.75 Å². The van der Waals surface area contributed by atoms with Crippen LogP contribution < -0.4 is 14.8 Å². The Hall–Kier alpha value is -2.91. The number of hydrogen-bond donors (Lipinski definition) is 2. The van der Waals surface area contributed by atoms with Gasteiger partial charge in [-0.05, 0) is 62.4 Å². The van der Waals surface area contributed by atoms with Gasteiger partial charge in [0.25, 0.3) is 0 Å². The van der Waals surface area contributed by atoms with E-state index in [1.54, 1.807) is 12.1 Å². The molecule has 1 aliphatic rings. The highest BCUT2D eigenvalue weighted by Crippen LogP contribution is 2.34. The van der Waals surface area contributed by atoms with Crippen molar-refractivity contribution >= 4 is 43.7 Å². The monoisotopic (exact) mass is 458 g/mol. The van der Waals surface area contributed by atoms with E-state index in [4.69, 9.17) is 9.47 Å². The minimum absolute atomic E-state index is 0.0129. The van der Waals surface area contributed by atoms with E-state index in [9.17, 15) is 8.60 Å². The van der Waals surface area contributed by atoms with Crippen LogP contribution in [-0.2, 0) is 14.4 Å². The second-order valence-electron chi connectivity index (χ2n) is 8.16. The summed E-state index contributed by atoms with van der Waals surface area (Å²) in [6, 6.07) is 8.02. The number of halogens is 1. The fraction of sp³-hybridized carbons (Fsp3) is 0.348. The molecule has 0 radical (unpaired) electrons. The Morgan fingerprint density at radius 2 is 2.12 bits per heavy atom. The van der Waals surface area contributed by atoms with Gasteiger partial charge in [-0.1, -0.05) is 0 Å². The molecular formula is C23H27FN4O3S. The molecule has 9 heteroatoms. The van der Waals surface area contributed by atoms with Gasteiger partial charge in [0.15, 0.2) is 0 Å². The molecule has 4 rings (SSSR count). The first-order valence-corrected chi connectivity index (χ1v) is 12.5. The zero-order valence-corrected chi connectivity index (χ0v) is 19.2. The zero-order valence-electron chi connectivity index (χ0n) is 18.4. The van der Waals surface area contributed by atoms with E-state index in [0.717, 1.165) is 30.4 Å². The molecular weight excluding hydrogens is 431 g/mol. The van der Waals surface area contributed by atoms with Crippen molar-refractivity contribution in [3.63, 3.8) is 0 Å². The third-order valence-corrected chi connectivity index (χ3v) is 5.93. The molecule has 0 aliphatic carbocycles. The van der Waals surface area contributed by atoms with Gasteiger partial charge in [-0.15, -0.1) is 0 Å². The van der Waals surface area contributed by atoms with Gasteiger partial charge in [-0.3, -0.25) is 0 Å². The Kier molecular flexibility index (Phi) is 6.21. The van der Waals surface area contributed by atoms with Crippen molar-refractivity contribution in [1.82, 2.24) is 9.97 Å². The molecule has 7 nitrogen and oxygen atoms in total. The lowest BCUT2D eigenvalue weighted by atomic mass is 10.1. The zero-order chi connectivity index (χ0) is 22.9. The fourth-order valence-electron chi connectivity index (χ4n) is 3.87. The van der Waals surface area contributed by atoms with Crippen molar-refractivity contribution in [3.8, 4) is 5.75 Å². The third kappa shape index (κ3) is 5.11. The average Bonchev–Trinajstić information content (AvgIpc) is 3.23. The van der Waals surface area contributed by atoms with Crippen LogP contribution in [0.1, 0.15) is 25.3 Å². The van der Waals surface area contributed by atoms with E-state index in [-0.39, 0.29) is 18.0 Å². The highest BCUT2D eigenvalue weighted by Gasteiger charge is 2.25. The average molecular weight is 459 g/mol. The van der Waals surface area contributed by atoms with Gasteiger partial charge in [-0.25, -0.2) is 18.6 Å². The number of aromatic nitrogens is 2. The van der Waals surface area contributed by atoms with Crippen molar-refractivity contribution in [3.05, 3.63) is 48.0 Å². The quantitative estimate of drug-likeness (QED) is 0.509. The maximum absolute atomic E-state index is 14.0. The Morgan fingerprint density at radius 1 is 1.31 bits per heavy atom. The predicted molar refractivity (Wildman–Crippen MR) is 128 cm³/mol. The van der Waals surface area contributed by atoms with E-state index >= 15 is 0 Å². The molecule has 0 saturated carbocycles. The smallest absolute Gasteiger partial charge is 0.146 e. The molecule has 1 saturated heterocycles. The van der Waals surface area contributed by atoms with Crippen molar-refractivity contribution < 1.29 is 18.1 Å². The Bertz CT molecular complexity index is 1240.